The van der Waals surface area contributed by atoms with Gasteiger partial charge in [0.1, 0.15) is 6.61 Å². The van der Waals surface area contributed by atoms with Crippen molar-refractivity contribution in [1.82, 2.24) is 10.2 Å². The van der Waals surface area contributed by atoms with E-state index in [9.17, 15) is 0 Å². The van der Waals surface area contributed by atoms with Crippen molar-refractivity contribution >= 4 is 0 Å². The van der Waals surface area contributed by atoms with Crippen LogP contribution in [-0.4, -0.2) is 29.5 Å². The van der Waals surface area contributed by atoms with Crippen molar-refractivity contribution in [3.63, 3.8) is 0 Å². The molecule has 1 heterocycles. The number of hydrogen-bond acceptors (Lipinski definition) is 4. The first-order chi connectivity index (χ1) is 15.7. The van der Waals surface area contributed by atoms with Crippen LogP contribution in [-0.2, 0) is 11.2 Å². The van der Waals surface area contributed by atoms with Gasteiger partial charge in [0.25, 0.3) is 0 Å². The van der Waals surface area contributed by atoms with Gasteiger partial charge in [0.05, 0.1) is 11.8 Å². The molecule has 0 radical (unpaired) electrons. The lowest BCUT2D eigenvalue weighted by Gasteiger charge is -2.13. The molecule has 0 spiro atoms. The average molecular weight is 441 g/mol. The number of hydrogen-bond donors (Lipinski definition) is 0. The van der Waals surface area contributed by atoms with E-state index >= 15 is 0 Å². The number of nitrogens with zero attached hydrogens (tertiary/aromatic N) is 2. The first-order valence-electron chi connectivity index (χ1n) is 12.9. The Hall–Kier alpha value is -1.94. The van der Waals surface area contributed by atoms with Crippen molar-refractivity contribution in [2.45, 2.75) is 104 Å². The second-order valence-electron chi connectivity index (χ2n) is 8.88. The molecule has 4 nitrogen and oxygen atoms in total. The Labute approximate surface area is 196 Å². The van der Waals surface area contributed by atoms with Gasteiger partial charge in [-0.1, -0.05) is 95.9 Å². The lowest BCUT2D eigenvalue weighted by molar-refractivity contribution is 0.0289. The largest absolute Gasteiger partial charge is 0.474 e. The van der Waals surface area contributed by atoms with Gasteiger partial charge >= 0.3 is 0 Å². The molecule has 2 rings (SSSR count). The monoisotopic (exact) mass is 440 g/mol. The van der Waals surface area contributed by atoms with Gasteiger partial charge in [-0.2, -0.15) is 0 Å². The van der Waals surface area contributed by atoms with Crippen LogP contribution in [0.5, 0.6) is 5.88 Å². The van der Waals surface area contributed by atoms with Crippen molar-refractivity contribution in [3.8, 4) is 17.1 Å². The Morgan fingerprint density at radius 2 is 1.38 bits per heavy atom. The number of benzene rings is 1. The van der Waals surface area contributed by atoms with Gasteiger partial charge in [-0.3, -0.25) is 0 Å². The van der Waals surface area contributed by atoms with Gasteiger partial charge in [0.15, 0.2) is 0 Å². The maximum atomic E-state index is 5.80. The predicted octanol–water partition coefficient (Wildman–Crippen LogP) is 7.80. The maximum Gasteiger partial charge on any atom is 0.233 e. The third kappa shape index (κ3) is 11.1. The lowest BCUT2D eigenvalue weighted by atomic mass is 10.0. The standard InChI is InChI=1S/C28H44N2O2/c1-4-6-8-10-11-12-13-15-25-16-18-26(19-17-25)27-20-21-28(30-29-27)32-23-24(3)31-22-14-9-7-5-2/h16-21,24H,4-15,22-23H2,1-3H3/t24-/m1/s1. The average Bonchev–Trinajstić information content (AvgIpc) is 2.83. The Morgan fingerprint density at radius 3 is 2.03 bits per heavy atom. The third-order valence-corrected chi connectivity index (χ3v) is 5.82. The molecule has 0 aliphatic carbocycles. The summed E-state index contributed by atoms with van der Waals surface area (Å²) in [6.07, 6.45) is 15.5. The molecule has 0 aliphatic heterocycles. The predicted molar refractivity (Wildman–Crippen MR) is 134 cm³/mol. The fourth-order valence-electron chi connectivity index (χ4n) is 3.74. The Bertz CT molecular complexity index is 700. The molecule has 0 unspecified atom stereocenters. The van der Waals surface area contributed by atoms with Crippen LogP contribution in [0.1, 0.15) is 97.0 Å². The summed E-state index contributed by atoms with van der Waals surface area (Å²) in [5, 5.41) is 8.58. The second-order valence-corrected chi connectivity index (χ2v) is 8.88. The van der Waals surface area contributed by atoms with Crippen LogP contribution in [0.15, 0.2) is 36.4 Å². The van der Waals surface area contributed by atoms with Gasteiger partial charge in [0.2, 0.25) is 5.88 Å². The normalized spacial score (nSPS) is 12.1. The number of unbranched alkanes of at least 4 members (excludes halogenated alkanes) is 9. The molecule has 0 aliphatic rings. The van der Waals surface area contributed by atoms with Crippen molar-refractivity contribution < 1.29 is 9.47 Å². The van der Waals surface area contributed by atoms with E-state index in [1.807, 2.05) is 19.1 Å². The van der Waals surface area contributed by atoms with Crippen LogP contribution < -0.4 is 4.74 Å². The van der Waals surface area contributed by atoms with E-state index in [4.69, 9.17) is 9.47 Å². The molecule has 1 aromatic carbocycles. The molecule has 1 atom stereocenters. The molecule has 1 aromatic heterocycles. The number of rotatable bonds is 18. The third-order valence-electron chi connectivity index (χ3n) is 5.82. The van der Waals surface area contributed by atoms with Crippen LogP contribution in [0.25, 0.3) is 11.3 Å². The molecule has 178 valence electrons. The Kier molecular flexibility index (Phi) is 13.7. The first kappa shape index (κ1) is 26.3. The molecule has 2 aromatic rings. The SMILES string of the molecule is CCCCCCCCCc1ccc(-c2ccc(OC[C@@H](C)OCCCCCC)nn2)cc1. The van der Waals surface area contributed by atoms with Crippen molar-refractivity contribution in [2.24, 2.45) is 0 Å². The quantitative estimate of drug-likeness (QED) is 0.222. The minimum absolute atomic E-state index is 0.0574. The fraction of sp³-hybridized carbons (Fsp3) is 0.643. The highest BCUT2D eigenvalue weighted by molar-refractivity contribution is 5.59. The molecule has 0 N–H and O–H groups in total. The maximum absolute atomic E-state index is 5.80. The zero-order chi connectivity index (χ0) is 22.9. The summed E-state index contributed by atoms with van der Waals surface area (Å²) < 4.78 is 11.5. The van der Waals surface area contributed by atoms with Gasteiger partial charge in [0, 0.05) is 18.2 Å². The Morgan fingerprint density at radius 1 is 0.719 bits per heavy atom. The zero-order valence-corrected chi connectivity index (χ0v) is 20.7. The second kappa shape index (κ2) is 16.7. The van der Waals surface area contributed by atoms with E-state index in [1.54, 1.807) is 0 Å². The summed E-state index contributed by atoms with van der Waals surface area (Å²) in [5.41, 5.74) is 3.37. The van der Waals surface area contributed by atoms with E-state index in [0.29, 0.717) is 12.5 Å². The van der Waals surface area contributed by atoms with Crippen LogP contribution in [0, 0.1) is 0 Å². The highest BCUT2D eigenvalue weighted by atomic mass is 16.5. The number of ether oxygens (including phenoxy) is 2. The molecular formula is C28H44N2O2. The van der Waals surface area contributed by atoms with Crippen LogP contribution in [0.2, 0.25) is 0 Å². The molecule has 0 amide bonds. The van der Waals surface area contributed by atoms with Gasteiger partial charge in [-0.05, 0) is 37.8 Å². The first-order valence-corrected chi connectivity index (χ1v) is 12.9. The minimum atomic E-state index is 0.0574. The van der Waals surface area contributed by atoms with E-state index in [-0.39, 0.29) is 6.10 Å². The van der Waals surface area contributed by atoms with Crippen molar-refractivity contribution in [1.29, 1.82) is 0 Å². The van der Waals surface area contributed by atoms with E-state index in [1.165, 1.54) is 69.8 Å². The lowest BCUT2D eigenvalue weighted by Crippen LogP contribution is -2.19. The van der Waals surface area contributed by atoms with E-state index in [2.05, 4.69) is 48.3 Å². The van der Waals surface area contributed by atoms with Crippen LogP contribution >= 0.6 is 0 Å². The van der Waals surface area contributed by atoms with Gasteiger partial charge in [-0.15, -0.1) is 10.2 Å². The highest BCUT2D eigenvalue weighted by Gasteiger charge is 2.06. The fourth-order valence-corrected chi connectivity index (χ4v) is 3.74. The van der Waals surface area contributed by atoms with Crippen molar-refractivity contribution in [3.05, 3.63) is 42.0 Å². The van der Waals surface area contributed by atoms with Gasteiger partial charge in [-0.25, -0.2) is 0 Å². The molecule has 0 saturated heterocycles. The van der Waals surface area contributed by atoms with Crippen molar-refractivity contribution in [2.75, 3.05) is 13.2 Å². The smallest absolute Gasteiger partial charge is 0.233 e. The summed E-state index contributed by atoms with van der Waals surface area (Å²) in [6.45, 7) is 7.82. The molecule has 4 heteroatoms. The molecular weight excluding hydrogens is 396 g/mol. The molecule has 0 saturated carbocycles. The molecule has 0 bridgehead atoms. The highest BCUT2D eigenvalue weighted by Crippen LogP contribution is 2.20. The topological polar surface area (TPSA) is 44.2 Å². The molecule has 32 heavy (non-hydrogen) atoms. The van der Waals surface area contributed by atoms with Crippen LogP contribution in [0.4, 0.5) is 0 Å². The zero-order valence-electron chi connectivity index (χ0n) is 20.7. The van der Waals surface area contributed by atoms with E-state index < -0.39 is 0 Å². The summed E-state index contributed by atoms with van der Waals surface area (Å²) in [7, 11) is 0. The summed E-state index contributed by atoms with van der Waals surface area (Å²) >= 11 is 0. The van der Waals surface area contributed by atoms with E-state index in [0.717, 1.165) is 30.7 Å². The number of aromatic nitrogens is 2. The Balaban J connectivity index is 1.67. The summed E-state index contributed by atoms with van der Waals surface area (Å²) in [4.78, 5) is 0. The van der Waals surface area contributed by atoms with Crippen LogP contribution in [0.3, 0.4) is 0 Å². The molecule has 0 fully saturated rings. The summed E-state index contributed by atoms with van der Waals surface area (Å²) in [5.74, 6) is 0.547. The minimum Gasteiger partial charge on any atom is -0.474 e. The number of aryl methyl sites for hydroxylation is 1. The van der Waals surface area contributed by atoms with Gasteiger partial charge < -0.3 is 9.47 Å². The summed E-state index contributed by atoms with van der Waals surface area (Å²) in [6, 6.07) is 12.6.